The number of hydrogen-bond acceptors (Lipinski definition) is 6. The van der Waals surface area contributed by atoms with E-state index in [1.54, 1.807) is 7.11 Å². The van der Waals surface area contributed by atoms with E-state index in [9.17, 15) is 0 Å². The smallest absolute Gasteiger partial charge is 0.0893 e. The van der Waals surface area contributed by atoms with Gasteiger partial charge in [-0.1, -0.05) is 0 Å². The minimum absolute atomic E-state index is 0.429. The van der Waals surface area contributed by atoms with Crippen molar-refractivity contribution in [3.05, 3.63) is 0 Å². The van der Waals surface area contributed by atoms with E-state index in [0.717, 1.165) is 0 Å². The van der Waals surface area contributed by atoms with Crippen LogP contribution < -0.4 is 0 Å². The van der Waals surface area contributed by atoms with Crippen molar-refractivity contribution in [1.82, 2.24) is 0 Å². The molecule has 0 heterocycles. The second-order valence-corrected chi connectivity index (χ2v) is 3.13. The summed E-state index contributed by atoms with van der Waals surface area (Å²) < 4.78 is 25.5. The van der Waals surface area contributed by atoms with Gasteiger partial charge in [0.1, 0.15) is 0 Å². The van der Waals surface area contributed by atoms with Gasteiger partial charge >= 0.3 is 0 Å². The van der Waals surface area contributed by atoms with Crippen LogP contribution in [0.5, 0.6) is 0 Å². The molecule has 98 valence electrons. The maximum absolute atomic E-state index is 5.27. The lowest BCUT2D eigenvalue weighted by Gasteiger charge is -2.06. The van der Waals surface area contributed by atoms with Gasteiger partial charge in [-0.2, -0.15) is 12.6 Å². The fraction of sp³-hybridized carbons (Fsp3) is 1.00. The fourth-order valence-electron chi connectivity index (χ4n) is 0.867. The van der Waals surface area contributed by atoms with E-state index in [0.29, 0.717) is 58.8 Å². The van der Waals surface area contributed by atoms with Crippen LogP contribution in [0.3, 0.4) is 0 Å². The molecule has 0 aliphatic heterocycles. The van der Waals surface area contributed by atoms with Crippen molar-refractivity contribution in [3.8, 4) is 0 Å². The van der Waals surface area contributed by atoms with Crippen molar-refractivity contribution in [1.29, 1.82) is 0 Å². The summed E-state index contributed by atoms with van der Waals surface area (Å²) >= 11 is 3.90. The second kappa shape index (κ2) is 15.1. The Morgan fingerprint density at radius 3 is 1.38 bits per heavy atom. The molecule has 0 fully saturated rings. The number of hydrogen-bond donors (Lipinski definition) is 1. The molecule has 0 aliphatic rings. The van der Waals surface area contributed by atoms with Crippen LogP contribution in [0.2, 0.25) is 0 Å². The number of ether oxygens (including phenoxy) is 5. The third-order valence-electron chi connectivity index (χ3n) is 1.64. The Morgan fingerprint density at radius 2 is 1.00 bits per heavy atom. The normalized spacial score (nSPS) is 10.9. The average molecular weight is 254 g/mol. The van der Waals surface area contributed by atoms with Crippen LogP contribution in [0.15, 0.2) is 0 Å². The fourth-order valence-corrected chi connectivity index (χ4v) is 0.996. The zero-order valence-corrected chi connectivity index (χ0v) is 10.7. The molecule has 0 bridgehead atoms. The van der Waals surface area contributed by atoms with Crippen molar-refractivity contribution >= 4 is 12.6 Å². The summed E-state index contributed by atoms with van der Waals surface area (Å²) in [6, 6.07) is 0. The number of thiol groups is 1. The molecule has 0 saturated carbocycles. The molecule has 0 radical (unpaired) electrons. The predicted octanol–water partition coefficient (Wildman–Crippen LogP) is 0.587. The van der Waals surface area contributed by atoms with Crippen LogP contribution in [0.4, 0.5) is 0 Å². The van der Waals surface area contributed by atoms with Crippen molar-refractivity contribution in [2.24, 2.45) is 0 Å². The summed E-state index contributed by atoms with van der Waals surface area (Å²) in [5.74, 6) is 0.429. The first-order valence-corrected chi connectivity index (χ1v) is 5.96. The van der Waals surface area contributed by atoms with Gasteiger partial charge in [0.05, 0.1) is 58.8 Å². The van der Waals surface area contributed by atoms with Gasteiger partial charge in [-0.3, -0.25) is 0 Å². The van der Waals surface area contributed by atoms with Crippen LogP contribution in [-0.4, -0.2) is 65.9 Å². The Labute approximate surface area is 103 Å². The number of rotatable bonds is 13. The van der Waals surface area contributed by atoms with Gasteiger partial charge in [0.15, 0.2) is 0 Å². The van der Waals surface area contributed by atoms with Crippen LogP contribution in [-0.2, 0) is 23.7 Å². The SMILES string of the molecule is COCCOCCOCCOCCOCS. The standard InChI is InChI=1S/C10H22O5S/c1-11-2-3-12-4-5-13-6-7-14-8-9-15-10-16/h16H,2-10H2,1H3. The van der Waals surface area contributed by atoms with Crippen LogP contribution in [0.1, 0.15) is 0 Å². The average Bonchev–Trinajstić information content (AvgIpc) is 2.31. The van der Waals surface area contributed by atoms with Crippen LogP contribution in [0.25, 0.3) is 0 Å². The first-order valence-electron chi connectivity index (χ1n) is 5.32. The van der Waals surface area contributed by atoms with Gasteiger partial charge in [0.2, 0.25) is 0 Å². The molecule has 0 aromatic carbocycles. The Hall–Kier alpha value is 0.150. The molecular weight excluding hydrogens is 232 g/mol. The maximum atomic E-state index is 5.27. The van der Waals surface area contributed by atoms with E-state index in [-0.39, 0.29) is 0 Å². The first-order chi connectivity index (χ1) is 7.91. The lowest BCUT2D eigenvalue weighted by molar-refractivity contribution is -0.00454. The molecule has 0 atom stereocenters. The molecule has 0 aromatic rings. The molecule has 0 aromatic heterocycles. The Bertz CT molecular complexity index is 112. The highest BCUT2D eigenvalue weighted by atomic mass is 32.1. The van der Waals surface area contributed by atoms with Crippen LogP contribution in [0, 0.1) is 0 Å². The van der Waals surface area contributed by atoms with Gasteiger partial charge in [-0.15, -0.1) is 0 Å². The van der Waals surface area contributed by atoms with Gasteiger partial charge in [0, 0.05) is 7.11 Å². The van der Waals surface area contributed by atoms with Gasteiger partial charge < -0.3 is 23.7 Å². The Balaban J connectivity index is 2.83. The summed E-state index contributed by atoms with van der Waals surface area (Å²) in [5.41, 5.74) is 0. The molecule has 5 nitrogen and oxygen atoms in total. The zero-order valence-electron chi connectivity index (χ0n) is 9.85. The maximum Gasteiger partial charge on any atom is 0.0893 e. The quantitative estimate of drug-likeness (QED) is 0.296. The molecule has 0 aliphatic carbocycles. The highest BCUT2D eigenvalue weighted by Crippen LogP contribution is 1.83. The lowest BCUT2D eigenvalue weighted by Crippen LogP contribution is -2.12. The monoisotopic (exact) mass is 254 g/mol. The molecule has 0 rings (SSSR count). The summed E-state index contributed by atoms with van der Waals surface area (Å²) in [6.07, 6.45) is 0. The van der Waals surface area contributed by atoms with E-state index >= 15 is 0 Å². The minimum Gasteiger partial charge on any atom is -0.382 e. The minimum atomic E-state index is 0.429. The Kier molecular flexibility index (Phi) is 15.3. The lowest BCUT2D eigenvalue weighted by atomic mass is 10.7. The van der Waals surface area contributed by atoms with Crippen molar-refractivity contribution < 1.29 is 23.7 Å². The Morgan fingerprint density at radius 1 is 0.625 bits per heavy atom. The van der Waals surface area contributed by atoms with Gasteiger partial charge in [0.25, 0.3) is 0 Å². The molecule has 0 saturated heterocycles. The highest BCUT2D eigenvalue weighted by Gasteiger charge is 1.91. The van der Waals surface area contributed by atoms with Crippen molar-refractivity contribution in [3.63, 3.8) is 0 Å². The van der Waals surface area contributed by atoms with E-state index in [4.69, 9.17) is 23.7 Å². The van der Waals surface area contributed by atoms with E-state index in [2.05, 4.69) is 12.6 Å². The van der Waals surface area contributed by atoms with Crippen molar-refractivity contribution in [2.45, 2.75) is 0 Å². The molecule has 16 heavy (non-hydrogen) atoms. The molecule has 0 N–H and O–H groups in total. The molecule has 0 spiro atoms. The second-order valence-electron chi connectivity index (χ2n) is 2.87. The van der Waals surface area contributed by atoms with E-state index < -0.39 is 0 Å². The third-order valence-corrected chi connectivity index (χ3v) is 1.82. The van der Waals surface area contributed by atoms with E-state index in [1.165, 1.54) is 0 Å². The van der Waals surface area contributed by atoms with Crippen LogP contribution >= 0.6 is 12.6 Å². The summed E-state index contributed by atoms with van der Waals surface area (Å²) in [6.45, 7) is 4.71. The van der Waals surface area contributed by atoms with Crippen molar-refractivity contribution in [2.75, 3.05) is 65.9 Å². The number of methoxy groups -OCH3 is 1. The topological polar surface area (TPSA) is 46.2 Å². The largest absolute Gasteiger partial charge is 0.382 e. The molecule has 0 amide bonds. The van der Waals surface area contributed by atoms with E-state index in [1.807, 2.05) is 0 Å². The molecule has 6 heteroatoms. The zero-order chi connectivity index (χ0) is 11.9. The highest BCUT2D eigenvalue weighted by molar-refractivity contribution is 7.80. The third kappa shape index (κ3) is 14.1. The summed E-state index contributed by atoms with van der Waals surface area (Å²) in [7, 11) is 1.65. The molecule has 0 unspecified atom stereocenters. The van der Waals surface area contributed by atoms with Gasteiger partial charge in [-0.25, -0.2) is 0 Å². The first kappa shape index (κ1) is 16.1. The summed E-state index contributed by atoms with van der Waals surface area (Å²) in [4.78, 5) is 0. The molecular formula is C10H22O5S. The predicted molar refractivity (Wildman–Crippen MR) is 64.1 cm³/mol. The summed E-state index contributed by atoms with van der Waals surface area (Å²) in [5, 5.41) is 0. The van der Waals surface area contributed by atoms with Gasteiger partial charge in [-0.05, 0) is 0 Å².